The zero-order valence-corrected chi connectivity index (χ0v) is 21.0. The summed E-state index contributed by atoms with van der Waals surface area (Å²) >= 11 is 0. The summed E-state index contributed by atoms with van der Waals surface area (Å²) in [5.74, 6) is 0.496. The predicted octanol–water partition coefficient (Wildman–Crippen LogP) is 3.31. The number of esters is 2. The van der Waals surface area contributed by atoms with Crippen molar-refractivity contribution in [3.63, 3.8) is 0 Å². The maximum atomic E-state index is 11.6. The van der Waals surface area contributed by atoms with Crippen LogP contribution in [0, 0.1) is 12.1 Å². The molecule has 0 atom stereocenters. The normalized spacial score (nSPS) is 15.2. The number of fused-ring (bicyclic) bond motifs is 4. The number of rotatable bonds is 2. The second-order valence-corrected chi connectivity index (χ2v) is 6.66. The van der Waals surface area contributed by atoms with E-state index in [2.05, 4.69) is 12.1 Å². The van der Waals surface area contributed by atoms with Crippen LogP contribution in [0.4, 0.5) is 0 Å². The van der Waals surface area contributed by atoms with Gasteiger partial charge < -0.3 is 9.47 Å². The second-order valence-electron chi connectivity index (χ2n) is 6.66. The van der Waals surface area contributed by atoms with Gasteiger partial charge in [-0.2, -0.15) is 35.4 Å². The van der Waals surface area contributed by atoms with Crippen molar-refractivity contribution in [1.29, 1.82) is 0 Å². The minimum Gasteiger partial charge on any atom is -0.453 e. The summed E-state index contributed by atoms with van der Waals surface area (Å²) in [5, 5.41) is 0. The average molecular weight is 702 g/mol. The predicted molar refractivity (Wildman–Crippen MR) is 90.6 cm³/mol. The summed E-state index contributed by atoms with van der Waals surface area (Å²) in [5.41, 5.74) is 3.86. The van der Waals surface area contributed by atoms with E-state index in [1.807, 2.05) is 0 Å². The van der Waals surface area contributed by atoms with Crippen molar-refractivity contribution in [1.82, 2.24) is 0 Å². The van der Waals surface area contributed by atoms with Crippen LogP contribution in [0.25, 0.3) is 0 Å². The topological polar surface area (TPSA) is 52.6 Å². The monoisotopic (exact) mass is 702 g/mol. The Morgan fingerprint density at radius 3 is 1.63 bits per heavy atom. The Morgan fingerprint density at radius 2 is 1.26 bits per heavy atom. The van der Waals surface area contributed by atoms with E-state index in [1.165, 1.54) is 13.8 Å². The van der Waals surface area contributed by atoms with Gasteiger partial charge >= 0.3 is 11.9 Å². The molecule has 0 aliphatic heterocycles. The number of aryl methyl sites for hydroxylation is 2. The molecule has 0 saturated heterocycles. The van der Waals surface area contributed by atoms with E-state index < -0.39 is 0 Å². The minimum absolute atomic E-state index is 0. The van der Waals surface area contributed by atoms with Gasteiger partial charge in [-0.3, -0.25) is 9.59 Å². The maximum absolute atomic E-state index is 11.6. The summed E-state index contributed by atoms with van der Waals surface area (Å²) in [6.45, 7) is 2.82. The molecule has 4 rings (SSSR count). The largest absolute Gasteiger partial charge is 0.453 e. The SMILES string of the molecule is CC(=O)Oc1cc[c-]c2c1C1(CC2)CCc2[c-]ccc(OC(C)=O)c21.[W].[W]. The zero-order valence-electron chi connectivity index (χ0n) is 15.1. The summed E-state index contributed by atoms with van der Waals surface area (Å²) in [6, 6.07) is 13.8. The van der Waals surface area contributed by atoms with Gasteiger partial charge in [0.25, 0.3) is 0 Å². The van der Waals surface area contributed by atoms with Gasteiger partial charge in [-0.15, -0.1) is 23.3 Å². The fourth-order valence-corrected chi connectivity index (χ4v) is 4.39. The molecule has 0 radical (unpaired) electrons. The Morgan fingerprint density at radius 1 is 0.852 bits per heavy atom. The summed E-state index contributed by atoms with van der Waals surface area (Å²) in [7, 11) is 0. The summed E-state index contributed by atoms with van der Waals surface area (Å²) in [6.07, 6.45) is 3.49. The molecule has 140 valence electrons. The molecule has 0 amide bonds. The minimum atomic E-state index is -0.339. The van der Waals surface area contributed by atoms with Gasteiger partial charge in [-0.25, -0.2) is 0 Å². The molecule has 2 aliphatic carbocycles. The van der Waals surface area contributed by atoms with Gasteiger partial charge in [0.1, 0.15) is 0 Å². The standard InChI is InChI=1S/C21H18O4.2W/c1-13(22)24-17-7-3-5-15-9-11-21(19(15)17)12-10-16-6-4-8-18(20(16)21)25-14(2)23;;/h3-4,7-8H,9-12H2,1-2H3;;/q-2;;. The number of carbonyl (C=O) groups is 2. The molecule has 2 aliphatic rings. The molecule has 0 unspecified atom stereocenters. The molecule has 27 heavy (non-hydrogen) atoms. The van der Waals surface area contributed by atoms with Crippen LogP contribution >= 0.6 is 0 Å². The van der Waals surface area contributed by atoms with Crippen LogP contribution in [0.2, 0.25) is 0 Å². The molecule has 0 aromatic heterocycles. The summed E-state index contributed by atoms with van der Waals surface area (Å²) < 4.78 is 11.0. The van der Waals surface area contributed by atoms with E-state index >= 15 is 0 Å². The number of carbonyl (C=O) groups excluding carboxylic acids is 2. The first kappa shape index (κ1) is 22.1. The van der Waals surface area contributed by atoms with E-state index in [9.17, 15) is 9.59 Å². The van der Waals surface area contributed by atoms with Crippen LogP contribution in [0.5, 0.6) is 11.5 Å². The van der Waals surface area contributed by atoms with Crippen LogP contribution < -0.4 is 9.47 Å². The van der Waals surface area contributed by atoms with Crippen LogP contribution in [0.1, 0.15) is 48.9 Å². The molecular formula is C21H18O4W2-2. The summed E-state index contributed by atoms with van der Waals surface area (Å²) in [4.78, 5) is 23.1. The van der Waals surface area contributed by atoms with Crippen molar-refractivity contribution in [3.8, 4) is 11.5 Å². The molecule has 0 fully saturated rings. The van der Waals surface area contributed by atoms with Gasteiger partial charge in [0.2, 0.25) is 0 Å². The van der Waals surface area contributed by atoms with Crippen molar-refractivity contribution in [2.75, 3.05) is 0 Å². The third kappa shape index (κ3) is 3.71. The Balaban J connectivity index is 0.00000131. The van der Waals surface area contributed by atoms with Gasteiger partial charge in [-0.05, 0) is 0 Å². The average Bonchev–Trinajstić information content (AvgIpc) is 3.11. The van der Waals surface area contributed by atoms with Gasteiger partial charge in [-0.1, -0.05) is 31.1 Å². The Bertz CT molecular complexity index is 818. The van der Waals surface area contributed by atoms with Gasteiger partial charge in [0, 0.05) is 67.5 Å². The van der Waals surface area contributed by atoms with Crippen LogP contribution in [-0.4, -0.2) is 11.9 Å². The van der Waals surface area contributed by atoms with E-state index in [4.69, 9.17) is 9.47 Å². The van der Waals surface area contributed by atoms with Gasteiger partial charge in [0.15, 0.2) is 0 Å². The zero-order chi connectivity index (χ0) is 17.6. The fraction of sp³-hybridized carbons (Fsp3) is 0.333. The number of hydrogen-bond acceptors (Lipinski definition) is 4. The first-order valence-corrected chi connectivity index (χ1v) is 8.46. The Kier molecular flexibility index (Phi) is 6.87. The molecule has 2 aromatic carbocycles. The van der Waals surface area contributed by atoms with E-state index in [0.717, 1.165) is 47.9 Å². The molecule has 0 bridgehead atoms. The third-order valence-corrected chi connectivity index (χ3v) is 5.15. The Hall–Kier alpha value is -1.24. The van der Waals surface area contributed by atoms with Crippen molar-refractivity contribution in [2.45, 2.75) is 44.9 Å². The van der Waals surface area contributed by atoms with E-state index in [1.54, 1.807) is 24.3 Å². The third-order valence-electron chi connectivity index (χ3n) is 5.15. The van der Waals surface area contributed by atoms with Crippen molar-refractivity contribution >= 4 is 11.9 Å². The quantitative estimate of drug-likeness (QED) is 0.274. The molecule has 0 N–H and O–H groups in total. The molecule has 1 spiro atoms. The molecule has 6 heteroatoms. The molecule has 4 nitrogen and oxygen atoms in total. The van der Waals surface area contributed by atoms with Crippen molar-refractivity contribution in [2.24, 2.45) is 0 Å². The van der Waals surface area contributed by atoms with Crippen molar-refractivity contribution < 1.29 is 61.2 Å². The first-order valence-electron chi connectivity index (χ1n) is 8.46. The smallest absolute Gasteiger partial charge is 0.305 e. The fourth-order valence-electron chi connectivity index (χ4n) is 4.39. The van der Waals surface area contributed by atoms with Crippen LogP contribution in [0.15, 0.2) is 24.3 Å². The molecule has 0 heterocycles. The molecule has 0 saturated carbocycles. The van der Waals surface area contributed by atoms with Crippen molar-refractivity contribution in [3.05, 3.63) is 58.7 Å². The van der Waals surface area contributed by atoms with E-state index in [-0.39, 0.29) is 59.5 Å². The number of ether oxygens (including phenoxy) is 2. The van der Waals surface area contributed by atoms with E-state index in [0.29, 0.717) is 11.5 Å². The Labute approximate surface area is 187 Å². The van der Waals surface area contributed by atoms with Gasteiger partial charge in [0.05, 0.1) is 0 Å². The number of hydrogen-bond donors (Lipinski definition) is 0. The van der Waals surface area contributed by atoms with Crippen LogP contribution in [-0.2, 0) is 70.0 Å². The number of benzene rings is 2. The maximum Gasteiger partial charge on any atom is 0.305 e. The van der Waals surface area contributed by atoms with Crippen LogP contribution in [0.3, 0.4) is 0 Å². The first-order chi connectivity index (χ1) is 12.0. The molecular weight excluding hydrogens is 684 g/mol. The second kappa shape index (κ2) is 8.41. The molecule has 2 aromatic rings.